The van der Waals surface area contributed by atoms with Gasteiger partial charge >= 0.3 is 0 Å². The van der Waals surface area contributed by atoms with Gasteiger partial charge < -0.3 is 40.3 Å². The van der Waals surface area contributed by atoms with E-state index in [2.05, 4.69) is 25.2 Å². The number of rotatable bonds is 35. The highest BCUT2D eigenvalue weighted by Gasteiger charge is 2.44. The Morgan fingerprint density at radius 1 is 0.654 bits per heavy atom. The zero-order valence-electron chi connectivity index (χ0n) is 33.3. The van der Waals surface area contributed by atoms with Crippen LogP contribution in [0.2, 0.25) is 0 Å². The molecule has 2 unspecified atom stereocenters. The summed E-state index contributed by atoms with van der Waals surface area (Å²) in [6, 6.07) is -0.830. The number of aliphatic hydroxyl groups is 5. The minimum Gasteiger partial charge on any atom is -0.394 e. The molecule has 0 spiro atoms. The van der Waals surface area contributed by atoms with Gasteiger partial charge in [0.1, 0.15) is 24.4 Å². The molecule has 0 aliphatic carbocycles. The van der Waals surface area contributed by atoms with E-state index >= 15 is 0 Å². The van der Waals surface area contributed by atoms with E-state index in [9.17, 15) is 30.3 Å². The second-order valence-electron chi connectivity index (χ2n) is 15.2. The number of carbonyl (C=O) groups is 1. The van der Waals surface area contributed by atoms with Crippen LogP contribution in [0.3, 0.4) is 0 Å². The van der Waals surface area contributed by atoms with Gasteiger partial charge in [0.15, 0.2) is 6.29 Å². The van der Waals surface area contributed by atoms with Gasteiger partial charge in [-0.3, -0.25) is 4.79 Å². The van der Waals surface area contributed by atoms with Crippen LogP contribution < -0.4 is 5.32 Å². The Kier molecular flexibility index (Phi) is 32.0. The second kappa shape index (κ2) is 34.2. The molecule has 1 saturated heterocycles. The molecule has 1 fully saturated rings. The van der Waals surface area contributed by atoms with E-state index in [0.717, 1.165) is 32.1 Å². The quantitative estimate of drug-likeness (QED) is 0.0281. The molecule has 6 N–H and O–H groups in total. The Morgan fingerprint density at radius 3 is 1.60 bits per heavy atom. The number of amides is 1. The molecule has 1 heterocycles. The van der Waals surface area contributed by atoms with Crippen molar-refractivity contribution in [2.45, 2.75) is 230 Å². The average Bonchev–Trinajstić information content (AvgIpc) is 3.14. The van der Waals surface area contributed by atoms with Crippen molar-refractivity contribution >= 4 is 5.91 Å². The first-order chi connectivity index (χ1) is 25.3. The normalized spacial score (nSPS) is 22.0. The summed E-state index contributed by atoms with van der Waals surface area (Å²) in [7, 11) is 0. The Labute approximate surface area is 318 Å². The zero-order chi connectivity index (χ0) is 38.1. The lowest BCUT2D eigenvalue weighted by atomic mass is 9.99. The first-order valence-corrected chi connectivity index (χ1v) is 21.6. The van der Waals surface area contributed by atoms with Crippen molar-refractivity contribution in [2.75, 3.05) is 13.2 Å². The van der Waals surface area contributed by atoms with Gasteiger partial charge in [0.25, 0.3) is 0 Å². The van der Waals surface area contributed by atoms with Gasteiger partial charge in [0.05, 0.1) is 25.4 Å². The fourth-order valence-electron chi connectivity index (χ4n) is 6.80. The van der Waals surface area contributed by atoms with Crippen molar-refractivity contribution in [1.82, 2.24) is 5.32 Å². The van der Waals surface area contributed by atoms with Gasteiger partial charge in [-0.1, -0.05) is 186 Å². The topological polar surface area (TPSA) is 149 Å². The summed E-state index contributed by atoms with van der Waals surface area (Å²) in [4.78, 5) is 12.9. The Morgan fingerprint density at radius 2 is 1.12 bits per heavy atom. The van der Waals surface area contributed by atoms with Gasteiger partial charge in [0.2, 0.25) is 5.91 Å². The average molecular weight is 740 g/mol. The van der Waals surface area contributed by atoms with Crippen molar-refractivity contribution in [1.29, 1.82) is 0 Å². The van der Waals surface area contributed by atoms with Crippen LogP contribution in [-0.4, -0.2) is 87.5 Å². The monoisotopic (exact) mass is 740 g/mol. The summed E-state index contributed by atoms with van der Waals surface area (Å²) in [5, 5.41) is 53.9. The molecule has 1 amide bonds. The summed E-state index contributed by atoms with van der Waals surface area (Å²) < 4.78 is 11.1. The van der Waals surface area contributed by atoms with E-state index in [1.807, 2.05) is 6.08 Å². The van der Waals surface area contributed by atoms with Gasteiger partial charge in [-0.2, -0.15) is 0 Å². The largest absolute Gasteiger partial charge is 0.394 e. The van der Waals surface area contributed by atoms with Crippen LogP contribution in [0, 0.1) is 0 Å². The number of nitrogens with one attached hydrogen (secondary N) is 1. The number of aliphatic hydroxyl groups excluding tert-OH is 5. The van der Waals surface area contributed by atoms with E-state index in [-0.39, 0.29) is 12.5 Å². The Bertz CT molecular complexity index is 868. The Hall–Kier alpha value is -1.33. The predicted molar refractivity (Wildman–Crippen MR) is 212 cm³/mol. The Balaban J connectivity index is 2.37. The van der Waals surface area contributed by atoms with E-state index < -0.39 is 49.5 Å². The molecule has 1 aliphatic rings. The smallest absolute Gasteiger partial charge is 0.220 e. The van der Waals surface area contributed by atoms with Crippen LogP contribution in [0.15, 0.2) is 24.3 Å². The van der Waals surface area contributed by atoms with Crippen LogP contribution in [0.5, 0.6) is 0 Å². The third-order valence-electron chi connectivity index (χ3n) is 10.3. The highest BCUT2D eigenvalue weighted by atomic mass is 16.7. The zero-order valence-corrected chi connectivity index (χ0v) is 33.3. The number of allylic oxidation sites excluding steroid dienone is 3. The molecule has 1 aliphatic heterocycles. The molecule has 9 nitrogen and oxygen atoms in total. The van der Waals surface area contributed by atoms with Gasteiger partial charge in [-0.05, 0) is 19.3 Å². The number of hydrogen-bond acceptors (Lipinski definition) is 8. The molecule has 9 heteroatoms. The molecule has 306 valence electrons. The molecule has 1 rings (SSSR count). The van der Waals surface area contributed by atoms with Crippen LogP contribution in [-0.2, 0) is 14.3 Å². The summed E-state index contributed by atoms with van der Waals surface area (Å²) in [5.74, 6) is -0.194. The van der Waals surface area contributed by atoms with Crippen molar-refractivity contribution in [3.05, 3.63) is 24.3 Å². The highest BCUT2D eigenvalue weighted by Crippen LogP contribution is 2.22. The summed E-state index contributed by atoms with van der Waals surface area (Å²) >= 11 is 0. The van der Waals surface area contributed by atoms with Gasteiger partial charge in [-0.15, -0.1) is 0 Å². The summed E-state index contributed by atoms with van der Waals surface area (Å²) in [6.45, 7) is 3.72. The number of hydrogen-bond donors (Lipinski definition) is 6. The summed E-state index contributed by atoms with van der Waals surface area (Å²) in [5.41, 5.74) is 0. The minimum absolute atomic E-state index is 0.194. The number of ether oxygens (including phenoxy) is 2. The molecule has 0 radical (unpaired) electrons. The number of carbonyl (C=O) groups excluding carboxylic acids is 1. The van der Waals surface area contributed by atoms with Crippen LogP contribution in [0.1, 0.15) is 187 Å². The van der Waals surface area contributed by atoms with Crippen molar-refractivity contribution in [3.63, 3.8) is 0 Å². The van der Waals surface area contributed by atoms with Crippen molar-refractivity contribution in [2.24, 2.45) is 0 Å². The lowest BCUT2D eigenvalue weighted by Crippen LogP contribution is -2.60. The minimum atomic E-state index is -1.57. The van der Waals surface area contributed by atoms with E-state index in [0.29, 0.717) is 6.42 Å². The molecule has 52 heavy (non-hydrogen) atoms. The molecule has 0 bridgehead atoms. The van der Waals surface area contributed by atoms with Gasteiger partial charge in [-0.25, -0.2) is 0 Å². The SMILES string of the molecule is CCCCCCCCC/C=C/C=C/[C@@H](O)[C@H](CO[C@H]1O[C@@H](CO)[C@H](O)C(O)C1O)NC(=O)CCCCCCCCCCCCCCCCCCCC. The molecule has 7 atom stereocenters. The van der Waals surface area contributed by atoms with Gasteiger partial charge in [0, 0.05) is 6.42 Å². The third kappa shape index (κ3) is 24.9. The van der Waals surface area contributed by atoms with E-state index in [4.69, 9.17) is 9.47 Å². The maximum absolute atomic E-state index is 12.9. The molecule has 0 aromatic rings. The fraction of sp³-hybridized carbons (Fsp3) is 0.884. The lowest BCUT2D eigenvalue weighted by molar-refractivity contribution is -0.302. The maximum atomic E-state index is 12.9. The first kappa shape index (κ1) is 48.7. The molecular weight excluding hydrogens is 658 g/mol. The fourth-order valence-corrected chi connectivity index (χ4v) is 6.80. The van der Waals surface area contributed by atoms with Crippen LogP contribution in [0.4, 0.5) is 0 Å². The molecular formula is C43H81NO8. The van der Waals surface area contributed by atoms with Crippen LogP contribution >= 0.6 is 0 Å². The number of unbranched alkanes of at least 4 members (excludes halogenated alkanes) is 24. The molecule has 0 aromatic heterocycles. The third-order valence-corrected chi connectivity index (χ3v) is 10.3. The first-order valence-electron chi connectivity index (χ1n) is 21.6. The van der Waals surface area contributed by atoms with Crippen LogP contribution in [0.25, 0.3) is 0 Å². The second-order valence-corrected chi connectivity index (χ2v) is 15.2. The standard InChI is InChI=1S/C43H81NO8/c1-3-5-7-9-11-13-15-16-17-18-19-20-21-23-25-27-29-31-33-39(47)44-36(35-51-43-42(50)41(49)40(48)38(34-45)52-43)37(46)32-30-28-26-24-22-14-12-10-8-6-4-2/h26,28,30,32,36-38,40-43,45-46,48-50H,3-25,27,29,31,33-35H2,1-2H3,(H,44,47)/b28-26+,32-30+/t36-,37+,38-,40-,41?,42?,43-/m0/s1. The summed E-state index contributed by atoms with van der Waals surface area (Å²) in [6.07, 6.45) is 32.3. The van der Waals surface area contributed by atoms with E-state index in [1.54, 1.807) is 12.2 Å². The highest BCUT2D eigenvalue weighted by molar-refractivity contribution is 5.76. The van der Waals surface area contributed by atoms with Crippen molar-refractivity contribution in [3.8, 4) is 0 Å². The lowest BCUT2D eigenvalue weighted by Gasteiger charge is -2.40. The van der Waals surface area contributed by atoms with Crippen molar-refractivity contribution < 1.29 is 39.8 Å². The molecule has 0 saturated carbocycles. The predicted octanol–water partition coefficient (Wildman–Crippen LogP) is 8.33. The maximum Gasteiger partial charge on any atom is 0.220 e. The van der Waals surface area contributed by atoms with E-state index in [1.165, 1.54) is 135 Å². The molecule has 0 aromatic carbocycles.